The van der Waals surface area contributed by atoms with Crippen LogP contribution >= 0.6 is 0 Å². The van der Waals surface area contributed by atoms with Crippen LogP contribution in [-0.4, -0.2) is 38.3 Å². The molecule has 0 amide bonds. The third kappa shape index (κ3) is 2.88. The molecular weight excluding hydrogens is 322 g/mol. The van der Waals surface area contributed by atoms with Crippen LogP contribution in [0.2, 0.25) is 0 Å². The molecule has 3 heteroatoms. The van der Waals surface area contributed by atoms with Crippen molar-refractivity contribution in [3.63, 3.8) is 0 Å². The lowest BCUT2D eigenvalue weighted by Crippen LogP contribution is -2.44. The predicted octanol–water partition coefficient (Wildman–Crippen LogP) is 4.75. The van der Waals surface area contributed by atoms with E-state index in [1.54, 1.807) is 14.2 Å². The van der Waals surface area contributed by atoms with E-state index in [0.29, 0.717) is 23.9 Å². The average Bonchev–Trinajstić information content (AvgIpc) is 2.90. The van der Waals surface area contributed by atoms with E-state index in [9.17, 15) is 0 Å². The molecule has 3 nitrogen and oxygen atoms in total. The number of hydrogen-bond donors (Lipinski definition) is 0. The number of nitrogens with zero attached hydrogens (tertiary/aromatic N) is 1. The fraction of sp³-hybridized carbons (Fsp3) is 0.478. The van der Waals surface area contributed by atoms with Crippen molar-refractivity contribution in [3.8, 4) is 11.5 Å². The molecule has 2 heterocycles. The molecule has 2 aromatic rings. The minimum atomic E-state index is 0.487. The van der Waals surface area contributed by atoms with E-state index in [0.717, 1.165) is 11.5 Å². The Labute approximate surface area is 156 Å². The zero-order valence-corrected chi connectivity index (χ0v) is 16.2. The molecule has 2 aliphatic rings. The molecule has 2 aliphatic heterocycles. The van der Waals surface area contributed by atoms with Gasteiger partial charge in [-0.15, -0.1) is 0 Å². The quantitative estimate of drug-likeness (QED) is 0.794. The van der Waals surface area contributed by atoms with Crippen LogP contribution < -0.4 is 9.47 Å². The highest BCUT2D eigenvalue weighted by atomic mass is 16.5. The number of rotatable bonds is 4. The number of ether oxygens (including phenoxy) is 2. The second-order valence-corrected chi connectivity index (χ2v) is 7.86. The van der Waals surface area contributed by atoms with Gasteiger partial charge in [-0.25, -0.2) is 0 Å². The standard InChI is InChI=1S/C23H29NO2/c1-15-5-7-16(8-6-15)19-14-18-10-11-20(24(18)2)23(19)17-9-12-21(25-3)22(13-17)26-4/h5-9,12-13,18-20,23H,10-11,14H2,1-4H3/t18-,19+,20?,23?/m1/s1. The normalized spacial score (nSPS) is 28.2. The van der Waals surface area contributed by atoms with Crippen molar-refractivity contribution in [2.75, 3.05) is 21.3 Å². The van der Waals surface area contributed by atoms with Gasteiger partial charge in [0.15, 0.2) is 11.5 Å². The minimum absolute atomic E-state index is 0.487. The van der Waals surface area contributed by atoms with Crippen molar-refractivity contribution in [2.24, 2.45) is 0 Å². The lowest BCUT2D eigenvalue weighted by molar-refractivity contribution is 0.137. The molecule has 0 saturated carbocycles. The van der Waals surface area contributed by atoms with Gasteiger partial charge in [-0.3, -0.25) is 4.90 Å². The summed E-state index contributed by atoms with van der Waals surface area (Å²) in [5, 5.41) is 0. The van der Waals surface area contributed by atoms with Gasteiger partial charge in [-0.1, -0.05) is 35.9 Å². The fourth-order valence-electron chi connectivity index (χ4n) is 5.14. The summed E-state index contributed by atoms with van der Waals surface area (Å²) in [6.45, 7) is 2.16. The first-order chi connectivity index (χ1) is 12.6. The van der Waals surface area contributed by atoms with Gasteiger partial charge in [-0.2, -0.15) is 0 Å². The van der Waals surface area contributed by atoms with Gasteiger partial charge in [0, 0.05) is 18.0 Å². The van der Waals surface area contributed by atoms with Crippen molar-refractivity contribution in [1.29, 1.82) is 0 Å². The summed E-state index contributed by atoms with van der Waals surface area (Å²) in [5.74, 6) is 2.68. The molecule has 4 rings (SSSR count). The van der Waals surface area contributed by atoms with Crippen molar-refractivity contribution in [2.45, 2.75) is 50.1 Å². The fourth-order valence-corrected chi connectivity index (χ4v) is 5.14. The Morgan fingerprint density at radius 1 is 0.885 bits per heavy atom. The first-order valence-electron chi connectivity index (χ1n) is 9.62. The molecule has 0 radical (unpaired) electrons. The van der Waals surface area contributed by atoms with Gasteiger partial charge in [-0.05, 0) is 62.4 Å². The Balaban J connectivity index is 1.77. The number of benzene rings is 2. The highest BCUT2D eigenvalue weighted by Gasteiger charge is 2.46. The molecule has 0 aliphatic carbocycles. The number of methoxy groups -OCH3 is 2. The van der Waals surface area contributed by atoms with Crippen LogP contribution in [0.4, 0.5) is 0 Å². The van der Waals surface area contributed by atoms with Gasteiger partial charge in [0.05, 0.1) is 14.2 Å². The maximum atomic E-state index is 5.59. The minimum Gasteiger partial charge on any atom is -0.493 e. The summed E-state index contributed by atoms with van der Waals surface area (Å²) in [5.41, 5.74) is 4.16. The van der Waals surface area contributed by atoms with Crippen LogP contribution in [0.25, 0.3) is 0 Å². The van der Waals surface area contributed by atoms with Crippen LogP contribution in [0, 0.1) is 6.92 Å². The Kier molecular flexibility index (Phi) is 4.66. The van der Waals surface area contributed by atoms with Crippen molar-refractivity contribution in [1.82, 2.24) is 4.90 Å². The molecule has 138 valence electrons. The van der Waals surface area contributed by atoms with E-state index in [2.05, 4.69) is 61.3 Å². The van der Waals surface area contributed by atoms with Gasteiger partial charge in [0.25, 0.3) is 0 Å². The van der Waals surface area contributed by atoms with Crippen LogP contribution in [-0.2, 0) is 0 Å². The number of aryl methyl sites for hydroxylation is 1. The van der Waals surface area contributed by atoms with E-state index < -0.39 is 0 Å². The van der Waals surface area contributed by atoms with Crippen LogP contribution in [0.15, 0.2) is 42.5 Å². The zero-order valence-electron chi connectivity index (χ0n) is 16.2. The van der Waals surface area contributed by atoms with Crippen molar-refractivity contribution >= 4 is 0 Å². The van der Waals surface area contributed by atoms with Crippen molar-refractivity contribution in [3.05, 3.63) is 59.2 Å². The lowest BCUT2D eigenvalue weighted by atomic mass is 9.72. The third-order valence-corrected chi connectivity index (χ3v) is 6.57. The predicted molar refractivity (Wildman–Crippen MR) is 105 cm³/mol. The molecule has 0 spiro atoms. The Bertz CT molecular complexity index is 770. The summed E-state index contributed by atoms with van der Waals surface area (Å²) in [6.07, 6.45) is 3.82. The first-order valence-corrected chi connectivity index (χ1v) is 9.62. The summed E-state index contributed by atoms with van der Waals surface area (Å²) >= 11 is 0. The third-order valence-electron chi connectivity index (χ3n) is 6.57. The maximum absolute atomic E-state index is 5.59. The molecule has 4 atom stereocenters. The molecular formula is C23H29NO2. The maximum Gasteiger partial charge on any atom is 0.160 e. The zero-order chi connectivity index (χ0) is 18.3. The van der Waals surface area contributed by atoms with Crippen LogP contribution in [0.3, 0.4) is 0 Å². The van der Waals surface area contributed by atoms with Gasteiger partial charge < -0.3 is 9.47 Å². The van der Waals surface area contributed by atoms with Crippen LogP contribution in [0.1, 0.15) is 47.8 Å². The van der Waals surface area contributed by atoms with E-state index in [1.807, 2.05) is 0 Å². The highest BCUT2D eigenvalue weighted by Crippen LogP contribution is 2.51. The second-order valence-electron chi connectivity index (χ2n) is 7.86. The second kappa shape index (κ2) is 6.96. The summed E-state index contributed by atoms with van der Waals surface area (Å²) in [4.78, 5) is 2.62. The first kappa shape index (κ1) is 17.4. The SMILES string of the molecule is COc1ccc(C2C3CC[C@H](C[C@H]2c2ccc(C)cc2)N3C)cc1OC. The number of hydrogen-bond acceptors (Lipinski definition) is 3. The van der Waals surface area contributed by atoms with E-state index in [-0.39, 0.29) is 0 Å². The Morgan fingerprint density at radius 3 is 2.27 bits per heavy atom. The van der Waals surface area contributed by atoms with Crippen molar-refractivity contribution < 1.29 is 9.47 Å². The van der Waals surface area contributed by atoms with E-state index in [1.165, 1.54) is 36.0 Å². The van der Waals surface area contributed by atoms with Gasteiger partial charge in [0.1, 0.15) is 0 Å². The van der Waals surface area contributed by atoms with Crippen LogP contribution in [0.5, 0.6) is 11.5 Å². The monoisotopic (exact) mass is 351 g/mol. The molecule has 2 fully saturated rings. The number of piperidine rings is 1. The van der Waals surface area contributed by atoms with E-state index in [4.69, 9.17) is 9.47 Å². The molecule has 0 N–H and O–H groups in total. The molecule has 2 saturated heterocycles. The number of fused-ring (bicyclic) bond motifs is 2. The average molecular weight is 351 g/mol. The molecule has 2 aromatic carbocycles. The molecule has 26 heavy (non-hydrogen) atoms. The number of likely N-dealkylation sites (N-methyl/N-ethyl adjacent to an activating group) is 1. The molecule has 2 bridgehead atoms. The summed E-state index contributed by atoms with van der Waals surface area (Å²) in [7, 11) is 5.72. The van der Waals surface area contributed by atoms with Gasteiger partial charge >= 0.3 is 0 Å². The Morgan fingerprint density at radius 2 is 1.58 bits per heavy atom. The summed E-state index contributed by atoms with van der Waals surface area (Å²) < 4.78 is 11.0. The van der Waals surface area contributed by atoms with E-state index >= 15 is 0 Å². The smallest absolute Gasteiger partial charge is 0.160 e. The summed E-state index contributed by atoms with van der Waals surface area (Å²) in [6, 6.07) is 17.0. The molecule has 0 aromatic heterocycles. The highest BCUT2D eigenvalue weighted by molar-refractivity contribution is 5.46. The molecule has 2 unspecified atom stereocenters. The topological polar surface area (TPSA) is 21.7 Å². The lowest BCUT2D eigenvalue weighted by Gasteiger charge is -2.44. The Hall–Kier alpha value is -2.00. The largest absolute Gasteiger partial charge is 0.493 e. The van der Waals surface area contributed by atoms with Gasteiger partial charge in [0.2, 0.25) is 0 Å².